The first-order chi connectivity index (χ1) is 19.4. The molecule has 1 aliphatic carbocycles. The van der Waals surface area contributed by atoms with Gasteiger partial charge in [-0.2, -0.15) is 0 Å². The second-order valence-corrected chi connectivity index (χ2v) is 13.3. The number of ether oxygens (including phenoxy) is 2. The Kier molecular flexibility index (Phi) is 9.95. The van der Waals surface area contributed by atoms with Gasteiger partial charge in [0.15, 0.2) is 0 Å². The number of nitrogens with zero attached hydrogens (tertiary/aromatic N) is 3. The predicted octanol–water partition coefficient (Wildman–Crippen LogP) is 6.43. The maximum absolute atomic E-state index is 13.5. The van der Waals surface area contributed by atoms with Gasteiger partial charge < -0.3 is 14.8 Å². The first-order valence-electron chi connectivity index (χ1n) is 15.1. The number of aryl methyl sites for hydroxylation is 1. The second-order valence-electron chi connectivity index (χ2n) is 13.3. The third-order valence-electron chi connectivity index (χ3n) is 7.58. The van der Waals surface area contributed by atoms with E-state index < -0.39 is 11.2 Å². The summed E-state index contributed by atoms with van der Waals surface area (Å²) in [5.74, 6) is 0. The lowest BCUT2D eigenvalue weighted by Crippen LogP contribution is -2.52. The van der Waals surface area contributed by atoms with Crippen molar-refractivity contribution in [3.05, 3.63) is 65.0 Å². The Morgan fingerprint density at radius 2 is 1.68 bits per heavy atom. The molecule has 2 amide bonds. The van der Waals surface area contributed by atoms with Gasteiger partial charge in [-0.15, -0.1) is 0 Å². The number of benzene rings is 1. The maximum Gasteiger partial charge on any atom is 0.410 e. The molecule has 41 heavy (non-hydrogen) atoms. The number of fused-ring (bicyclic) bond motifs is 2. The summed E-state index contributed by atoms with van der Waals surface area (Å²) in [5, 5.41) is 2.88. The molecule has 8 nitrogen and oxygen atoms in total. The molecule has 1 aliphatic heterocycles. The molecule has 1 aromatic carbocycles. The van der Waals surface area contributed by atoms with Crippen molar-refractivity contribution in [2.24, 2.45) is 0 Å². The molecule has 1 aromatic heterocycles. The van der Waals surface area contributed by atoms with E-state index in [0.29, 0.717) is 13.1 Å². The Morgan fingerprint density at radius 1 is 0.976 bits per heavy atom. The number of aromatic nitrogens is 1. The van der Waals surface area contributed by atoms with Crippen LogP contribution in [0.25, 0.3) is 0 Å². The van der Waals surface area contributed by atoms with Crippen LogP contribution in [-0.4, -0.2) is 63.8 Å². The molecule has 224 valence electrons. The topological polar surface area (TPSA) is 84.0 Å². The van der Waals surface area contributed by atoms with Gasteiger partial charge in [-0.25, -0.2) is 9.59 Å². The van der Waals surface area contributed by atoms with Crippen molar-refractivity contribution in [3.8, 4) is 0 Å². The number of rotatable bonds is 8. The largest absolute Gasteiger partial charge is 0.444 e. The Labute approximate surface area is 245 Å². The van der Waals surface area contributed by atoms with Crippen LogP contribution < -0.4 is 5.32 Å². The number of alkyl carbamates (subject to hydrolysis) is 1. The van der Waals surface area contributed by atoms with Crippen LogP contribution in [0.3, 0.4) is 0 Å². The SMILES string of the molecule is CC(C)(C)OC(=O)NCCCCN(C[C@@H]1Cc2ccccc2CN1C(=O)OC(C)(C)C)C1CCCc2cccnc21. The Bertz CT molecular complexity index is 1190. The molecule has 0 bridgehead atoms. The summed E-state index contributed by atoms with van der Waals surface area (Å²) in [6, 6.07) is 12.8. The Balaban J connectivity index is 1.51. The molecule has 1 N–H and O–H groups in total. The standard InChI is InChI=1S/C33H48N4O4/c1-32(2,3)40-30(38)35-18-9-10-20-36(28-17-11-15-24-16-12-19-34-29(24)28)23-27-21-25-13-7-8-14-26(25)22-37(27)31(39)41-33(4,5)6/h7-8,12-14,16,19,27-28H,9-11,15,17-18,20-23H2,1-6H3,(H,35,38)/t27-,28?/m0/s1. The van der Waals surface area contributed by atoms with Gasteiger partial charge in [0.1, 0.15) is 11.2 Å². The van der Waals surface area contributed by atoms with Gasteiger partial charge in [0, 0.05) is 25.8 Å². The summed E-state index contributed by atoms with van der Waals surface area (Å²) >= 11 is 0. The zero-order valence-electron chi connectivity index (χ0n) is 25.7. The summed E-state index contributed by atoms with van der Waals surface area (Å²) < 4.78 is 11.3. The molecule has 2 aliphatic rings. The number of amides is 2. The van der Waals surface area contributed by atoms with Crippen molar-refractivity contribution in [2.45, 2.75) is 110 Å². The summed E-state index contributed by atoms with van der Waals surface area (Å²) in [4.78, 5) is 34.9. The molecule has 8 heteroatoms. The molecule has 2 heterocycles. The van der Waals surface area contributed by atoms with Crippen molar-refractivity contribution >= 4 is 12.2 Å². The fraction of sp³-hybridized carbons (Fsp3) is 0.606. The molecule has 0 fully saturated rings. The third-order valence-corrected chi connectivity index (χ3v) is 7.58. The van der Waals surface area contributed by atoms with Crippen LogP contribution in [0.15, 0.2) is 42.6 Å². The second kappa shape index (κ2) is 13.2. The van der Waals surface area contributed by atoms with Gasteiger partial charge in [0.2, 0.25) is 0 Å². The van der Waals surface area contributed by atoms with Crippen molar-refractivity contribution in [1.82, 2.24) is 20.1 Å². The van der Waals surface area contributed by atoms with E-state index in [1.54, 1.807) is 0 Å². The maximum atomic E-state index is 13.5. The van der Waals surface area contributed by atoms with E-state index in [2.05, 4.69) is 34.5 Å². The summed E-state index contributed by atoms with van der Waals surface area (Å²) in [6.45, 7) is 14.0. The molecule has 0 spiro atoms. The van der Waals surface area contributed by atoms with Crippen LogP contribution in [0.4, 0.5) is 9.59 Å². The number of pyridine rings is 1. The van der Waals surface area contributed by atoms with Crippen LogP contribution in [-0.2, 0) is 28.9 Å². The zero-order valence-corrected chi connectivity index (χ0v) is 25.7. The smallest absolute Gasteiger partial charge is 0.410 e. The van der Waals surface area contributed by atoms with Crippen molar-refractivity contribution in [2.75, 3.05) is 19.6 Å². The first kappa shape index (κ1) is 30.8. The number of nitrogens with one attached hydrogen (secondary N) is 1. The fourth-order valence-electron chi connectivity index (χ4n) is 5.81. The van der Waals surface area contributed by atoms with Crippen LogP contribution >= 0.6 is 0 Å². The van der Waals surface area contributed by atoms with Gasteiger partial charge in [-0.05, 0) is 109 Å². The van der Waals surface area contributed by atoms with Crippen LogP contribution in [0, 0.1) is 0 Å². The molecule has 0 radical (unpaired) electrons. The number of carbonyl (C=O) groups excluding carboxylic acids is 2. The first-order valence-corrected chi connectivity index (χ1v) is 15.1. The van der Waals surface area contributed by atoms with E-state index in [-0.39, 0.29) is 24.3 Å². The Morgan fingerprint density at radius 3 is 2.41 bits per heavy atom. The lowest BCUT2D eigenvalue weighted by molar-refractivity contribution is 0.00455. The van der Waals surface area contributed by atoms with E-state index in [0.717, 1.165) is 57.3 Å². The fourth-order valence-corrected chi connectivity index (χ4v) is 5.81. The average Bonchev–Trinajstić information content (AvgIpc) is 2.89. The molecule has 0 saturated carbocycles. The number of unbranched alkanes of at least 4 members (excludes halogenated alkanes) is 1. The van der Waals surface area contributed by atoms with Crippen molar-refractivity contribution in [1.29, 1.82) is 0 Å². The van der Waals surface area contributed by atoms with Gasteiger partial charge >= 0.3 is 12.2 Å². The van der Waals surface area contributed by atoms with Crippen LogP contribution in [0.5, 0.6) is 0 Å². The molecule has 0 saturated heterocycles. The monoisotopic (exact) mass is 564 g/mol. The molecule has 2 aromatic rings. The van der Waals surface area contributed by atoms with Crippen molar-refractivity contribution < 1.29 is 19.1 Å². The normalized spacial score (nSPS) is 18.9. The molecule has 2 atom stereocenters. The highest BCUT2D eigenvalue weighted by Crippen LogP contribution is 2.35. The van der Waals surface area contributed by atoms with Crippen LogP contribution in [0.2, 0.25) is 0 Å². The quantitative estimate of drug-likeness (QED) is 0.372. The lowest BCUT2D eigenvalue weighted by Gasteiger charge is -2.42. The minimum Gasteiger partial charge on any atom is -0.444 e. The van der Waals surface area contributed by atoms with E-state index in [4.69, 9.17) is 14.5 Å². The lowest BCUT2D eigenvalue weighted by atomic mass is 9.89. The average molecular weight is 565 g/mol. The zero-order chi connectivity index (χ0) is 29.6. The molecular formula is C33H48N4O4. The highest BCUT2D eigenvalue weighted by atomic mass is 16.6. The van der Waals surface area contributed by atoms with Gasteiger partial charge in [-0.3, -0.25) is 14.8 Å². The summed E-state index contributed by atoms with van der Waals surface area (Å²) in [6.07, 6.45) is 6.98. The Hall–Kier alpha value is -3.13. The van der Waals surface area contributed by atoms with Gasteiger partial charge in [0.25, 0.3) is 0 Å². The number of carbonyl (C=O) groups is 2. The van der Waals surface area contributed by atoms with Crippen LogP contribution in [0.1, 0.15) is 95.7 Å². The van der Waals surface area contributed by atoms with E-state index in [9.17, 15) is 9.59 Å². The van der Waals surface area contributed by atoms with Gasteiger partial charge in [0.05, 0.1) is 17.8 Å². The van der Waals surface area contributed by atoms with Gasteiger partial charge in [-0.1, -0.05) is 30.3 Å². The highest BCUT2D eigenvalue weighted by Gasteiger charge is 2.36. The minimum absolute atomic E-state index is 0.0197. The summed E-state index contributed by atoms with van der Waals surface area (Å²) in [7, 11) is 0. The highest BCUT2D eigenvalue weighted by molar-refractivity contribution is 5.69. The number of hydrogen-bond donors (Lipinski definition) is 1. The number of hydrogen-bond acceptors (Lipinski definition) is 6. The third kappa shape index (κ3) is 8.93. The molecule has 1 unspecified atom stereocenters. The minimum atomic E-state index is -0.564. The molecular weight excluding hydrogens is 516 g/mol. The van der Waals surface area contributed by atoms with E-state index in [1.807, 2.05) is 64.8 Å². The van der Waals surface area contributed by atoms with Crippen molar-refractivity contribution in [3.63, 3.8) is 0 Å². The summed E-state index contributed by atoms with van der Waals surface area (Å²) in [5.41, 5.74) is 3.87. The molecule has 4 rings (SSSR count). The van der Waals surface area contributed by atoms with E-state index >= 15 is 0 Å². The van der Waals surface area contributed by atoms with E-state index in [1.165, 1.54) is 16.7 Å². The predicted molar refractivity (Wildman–Crippen MR) is 161 cm³/mol.